The Morgan fingerprint density at radius 1 is 1.15 bits per heavy atom. The highest BCUT2D eigenvalue weighted by Crippen LogP contribution is 2.66. The Morgan fingerprint density at radius 2 is 1.92 bits per heavy atom. The predicted molar refractivity (Wildman–Crippen MR) is 99.0 cm³/mol. The molecule has 0 unspecified atom stereocenters. The summed E-state index contributed by atoms with van der Waals surface area (Å²) in [6.07, 6.45) is 9.94. The first-order valence-electron chi connectivity index (χ1n) is 10.5. The monoisotopic (exact) mass is 362 g/mol. The lowest BCUT2D eigenvalue weighted by atomic mass is 9.46. The molecule has 6 atom stereocenters. The van der Waals surface area contributed by atoms with Crippen LogP contribution in [-0.4, -0.2) is 28.6 Å². The summed E-state index contributed by atoms with van der Waals surface area (Å²) in [6, 6.07) is 0. The number of allylic oxidation sites excluding steroid dienone is 1. The molecule has 4 aliphatic carbocycles. The van der Waals surface area contributed by atoms with Gasteiger partial charge in [0.15, 0.2) is 5.79 Å². The second-order valence-corrected chi connectivity index (χ2v) is 9.89. The molecule has 0 amide bonds. The van der Waals surface area contributed by atoms with E-state index in [1.165, 1.54) is 19.3 Å². The zero-order valence-electron chi connectivity index (χ0n) is 16.5. The number of aliphatic hydroxyl groups is 2. The largest absolute Gasteiger partial charge is 0.466 e. The summed E-state index contributed by atoms with van der Waals surface area (Å²) >= 11 is 0. The maximum atomic E-state index is 12.2. The Hall–Kier alpha value is -0.870. The maximum absolute atomic E-state index is 12.2. The minimum atomic E-state index is -1.74. The van der Waals surface area contributed by atoms with Crippen molar-refractivity contribution in [1.82, 2.24) is 0 Å². The van der Waals surface area contributed by atoms with E-state index in [0.717, 1.165) is 31.3 Å². The minimum absolute atomic E-state index is 0.00740. The Bertz CT molecular complexity index is 624. The van der Waals surface area contributed by atoms with Crippen LogP contribution in [0.2, 0.25) is 0 Å². The first-order valence-corrected chi connectivity index (χ1v) is 10.5. The van der Waals surface area contributed by atoms with Gasteiger partial charge in [-0.15, -0.1) is 0 Å². The Balaban J connectivity index is 1.68. The summed E-state index contributed by atoms with van der Waals surface area (Å²) in [5, 5.41) is 22.2. The van der Waals surface area contributed by atoms with Crippen LogP contribution in [0.15, 0.2) is 11.6 Å². The van der Waals surface area contributed by atoms with E-state index in [1.807, 2.05) is 6.92 Å². The molecule has 0 saturated heterocycles. The van der Waals surface area contributed by atoms with Gasteiger partial charge in [0.1, 0.15) is 0 Å². The average Bonchev–Trinajstić information content (AvgIpc) is 2.96. The van der Waals surface area contributed by atoms with E-state index in [4.69, 9.17) is 4.74 Å². The molecule has 2 N–H and O–H groups in total. The van der Waals surface area contributed by atoms with Gasteiger partial charge in [0, 0.05) is 5.92 Å². The molecule has 4 heteroatoms. The molecular weight excluding hydrogens is 328 g/mol. The zero-order valence-corrected chi connectivity index (χ0v) is 16.5. The molecule has 3 fully saturated rings. The Morgan fingerprint density at radius 3 is 2.65 bits per heavy atom. The van der Waals surface area contributed by atoms with Crippen LogP contribution >= 0.6 is 0 Å². The molecular formula is C22H34O4. The highest BCUT2D eigenvalue weighted by Gasteiger charge is 2.62. The van der Waals surface area contributed by atoms with Crippen molar-refractivity contribution in [1.29, 1.82) is 0 Å². The van der Waals surface area contributed by atoms with Gasteiger partial charge < -0.3 is 14.9 Å². The summed E-state index contributed by atoms with van der Waals surface area (Å²) in [5.41, 5.74) is 1.34. The third-order valence-electron chi connectivity index (χ3n) is 8.58. The van der Waals surface area contributed by atoms with Gasteiger partial charge in [-0.2, -0.15) is 0 Å². The van der Waals surface area contributed by atoms with Crippen LogP contribution in [0.5, 0.6) is 0 Å². The van der Waals surface area contributed by atoms with Crippen molar-refractivity contribution in [2.45, 2.75) is 77.9 Å². The second kappa shape index (κ2) is 6.07. The molecule has 0 bridgehead atoms. The predicted octanol–water partition coefficient (Wildman–Crippen LogP) is 3.81. The van der Waals surface area contributed by atoms with Crippen LogP contribution in [0.1, 0.15) is 72.1 Å². The van der Waals surface area contributed by atoms with Gasteiger partial charge in [-0.05, 0) is 80.6 Å². The first-order chi connectivity index (χ1) is 12.2. The molecule has 0 aliphatic heterocycles. The van der Waals surface area contributed by atoms with Crippen LogP contribution in [-0.2, 0) is 9.53 Å². The molecule has 4 rings (SSSR count). The van der Waals surface area contributed by atoms with Crippen molar-refractivity contribution >= 4 is 5.97 Å². The van der Waals surface area contributed by atoms with Gasteiger partial charge in [-0.1, -0.05) is 25.8 Å². The minimum Gasteiger partial charge on any atom is -0.466 e. The lowest BCUT2D eigenvalue weighted by Crippen LogP contribution is -2.59. The number of hydrogen-bond acceptors (Lipinski definition) is 4. The van der Waals surface area contributed by atoms with Gasteiger partial charge in [-0.25, -0.2) is 0 Å². The van der Waals surface area contributed by atoms with Gasteiger partial charge in [0.2, 0.25) is 0 Å². The molecule has 3 saturated carbocycles. The van der Waals surface area contributed by atoms with Crippen LogP contribution in [0, 0.1) is 34.5 Å². The number of ether oxygens (including phenoxy) is 1. The van der Waals surface area contributed by atoms with E-state index in [1.54, 1.807) is 6.08 Å². The van der Waals surface area contributed by atoms with Crippen LogP contribution < -0.4 is 0 Å². The molecule has 0 heterocycles. The topological polar surface area (TPSA) is 66.8 Å². The standard InChI is InChI=1S/C22H34O4/c1-4-26-19(23)14-7-11-21(3)15(12-14)13-22(24,25)18-16-6-5-9-20(16,2)10-8-17(18)21/h13-14,16-18,24-25H,4-12H2,1-3H3/t14-,16-,17-,18-,20-,21-/m0/s1. The van der Waals surface area contributed by atoms with E-state index < -0.39 is 5.79 Å². The van der Waals surface area contributed by atoms with E-state index in [0.29, 0.717) is 24.9 Å². The molecule has 4 nitrogen and oxygen atoms in total. The van der Waals surface area contributed by atoms with Crippen molar-refractivity contribution in [2.24, 2.45) is 34.5 Å². The van der Waals surface area contributed by atoms with Crippen LogP contribution in [0.25, 0.3) is 0 Å². The maximum Gasteiger partial charge on any atom is 0.309 e. The number of hydrogen-bond donors (Lipinski definition) is 2. The Labute approximate surface area is 157 Å². The normalized spacial score (nSPS) is 46.6. The third kappa shape index (κ3) is 2.59. The van der Waals surface area contributed by atoms with Crippen LogP contribution in [0.4, 0.5) is 0 Å². The lowest BCUT2D eigenvalue weighted by Gasteiger charge is -2.60. The van der Waals surface area contributed by atoms with Gasteiger partial charge in [-0.3, -0.25) is 4.79 Å². The van der Waals surface area contributed by atoms with Crippen molar-refractivity contribution in [2.75, 3.05) is 6.61 Å². The lowest BCUT2D eigenvalue weighted by molar-refractivity contribution is -0.232. The molecule has 26 heavy (non-hydrogen) atoms. The fourth-order valence-electron chi connectivity index (χ4n) is 7.13. The molecule has 0 radical (unpaired) electrons. The molecule has 0 aromatic rings. The van der Waals surface area contributed by atoms with Crippen molar-refractivity contribution in [3.63, 3.8) is 0 Å². The fourth-order valence-corrected chi connectivity index (χ4v) is 7.13. The van der Waals surface area contributed by atoms with E-state index >= 15 is 0 Å². The van der Waals surface area contributed by atoms with Crippen LogP contribution in [0.3, 0.4) is 0 Å². The second-order valence-electron chi connectivity index (χ2n) is 9.89. The summed E-state index contributed by atoms with van der Waals surface area (Å²) in [4.78, 5) is 12.2. The number of esters is 1. The van der Waals surface area contributed by atoms with Gasteiger partial charge >= 0.3 is 5.97 Å². The van der Waals surface area contributed by atoms with Gasteiger partial charge in [0.05, 0.1) is 12.5 Å². The number of fused-ring (bicyclic) bond motifs is 5. The Kier molecular flexibility index (Phi) is 4.31. The molecule has 0 aromatic heterocycles. The van der Waals surface area contributed by atoms with E-state index in [2.05, 4.69) is 13.8 Å². The van der Waals surface area contributed by atoms with Crippen molar-refractivity contribution in [3.8, 4) is 0 Å². The number of carbonyl (C=O) groups excluding carboxylic acids is 1. The summed E-state index contributed by atoms with van der Waals surface area (Å²) in [6.45, 7) is 6.91. The summed E-state index contributed by atoms with van der Waals surface area (Å²) < 4.78 is 5.23. The number of rotatable bonds is 2. The summed E-state index contributed by atoms with van der Waals surface area (Å²) in [7, 11) is 0. The highest BCUT2D eigenvalue weighted by molar-refractivity contribution is 5.73. The van der Waals surface area contributed by atoms with E-state index in [9.17, 15) is 15.0 Å². The highest BCUT2D eigenvalue weighted by atomic mass is 16.5. The summed E-state index contributed by atoms with van der Waals surface area (Å²) in [5.74, 6) is -1.39. The van der Waals surface area contributed by atoms with Crippen molar-refractivity contribution < 1.29 is 19.7 Å². The molecule has 0 spiro atoms. The SMILES string of the molecule is CCOC(=O)[C@H]1CC[C@@]2(C)C(=CC(O)(O)[C@H]3[C@@H]4CCC[C@@]4(C)CC[C@@H]32)C1. The molecule has 4 aliphatic rings. The van der Waals surface area contributed by atoms with E-state index in [-0.39, 0.29) is 28.6 Å². The molecule has 146 valence electrons. The number of carbonyl (C=O) groups is 1. The smallest absolute Gasteiger partial charge is 0.309 e. The third-order valence-corrected chi connectivity index (χ3v) is 8.58. The fraction of sp³-hybridized carbons (Fsp3) is 0.864. The quantitative estimate of drug-likeness (QED) is 0.445. The zero-order chi connectivity index (χ0) is 18.7. The average molecular weight is 363 g/mol. The van der Waals surface area contributed by atoms with Gasteiger partial charge in [0.25, 0.3) is 0 Å². The molecule has 0 aromatic carbocycles. The van der Waals surface area contributed by atoms with Crippen molar-refractivity contribution in [3.05, 3.63) is 11.6 Å². The first kappa shape index (κ1) is 18.5.